The van der Waals surface area contributed by atoms with Crippen molar-refractivity contribution < 1.29 is 23.7 Å². The summed E-state index contributed by atoms with van der Waals surface area (Å²) in [6, 6.07) is 29.7. The van der Waals surface area contributed by atoms with Crippen LogP contribution in [0.2, 0.25) is 0 Å². The molecule has 0 saturated carbocycles. The van der Waals surface area contributed by atoms with E-state index < -0.39 is 0 Å². The lowest BCUT2D eigenvalue weighted by atomic mass is 10.1. The molecule has 4 aromatic carbocycles. The third-order valence-electron chi connectivity index (χ3n) is 7.06. The number of phenolic OH excluding ortho intramolecular Hbond substituents is 1. The van der Waals surface area contributed by atoms with Crippen molar-refractivity contribution in [1.29, 1.82) is 0 Å². The van der Waals surface area contributed by atoms with E-state index in [1.807, 2.05) is 72.8 Å². The number of benzene rings is 4. The summed E-state index contributed by atoms with van der Waals surface area (Å²) < 4.78 is 24.4. The molecule has 0 aliphatic heterocycles. The molecule has 216 valence electrons. The molecule has 0 spiro atoms. The van der Waals surface area contributed by atoms with Gasteiger partial charge in [0.1, 0.15) is 48.0 Å². The Hall–Kier alpha value is -4.75. The van der Waals surface area contributed by atoms with E-state index in [0.29, 0.717) is 48.4 Å². The van der Waals surface area contributed by atoms with Gasteiger partial charge in [-0.3, -0.25) is 4.79 Å². The number of fused-ring (bicyclic) bond motifs is 1. The molecule has 5 aromatic rings. The molecule has 0 unspecified atom stereocenters. The van der Waals surface area contributed by atoms with E-state index >= 15 is 0 Å². The standard InChI is InChI=1S/C35H35NO6/c1-3-36(4-2)17-18-39-28-20-29(37)35-30(38)22-32(42-34(35)21-28)27-15-16-31(40-23-25-11-7-5-8-12-25)33(19-27)41-24-26-13-9-6-10-14-26/h5-16,19-22,37H,3-4,17-18,23-24H2,1-2H3. The van der Waals surface area contributed by atoms with Crippen molar-refractivity contribution >= 4 is 11.0 Å². The molecule has 0 aliphatic carbocycles. The van der Waals surface area contributed by atoms with Crippen molar-refractivity contribution in [3.05, 3.63) is 118 Å². The first kappa shape index (κ1) is 28.8. The fraction of sp³-hybridized carbons (Fsp3) is 0.229. The minimum absolute atomic E-state index is 0.109. The molecule has 0 bridgehead atoms. The molecule has 0 amide bonds. The first-order valence-electron chi connectivity index (χ1n) is 14.2. The average molecular weight is 566 g/mol. The number of aromatic hydroxyl groups is 1. The highest BCUT2D eigenvalue weighted by molar-refractivity contribution is 5.86. The Morgan fingerprint density at radius 2 is 1.38 bits per heavy atom. The van der Waals surface area contributed by atoms with Crippen LogP contribution in [0.15, 0.2) is 106 Å². The Morgan fingerprint density at radius 3 is 2.02 bits per heavy atom. The highest BCUT2D eigenvalue weighted by Gasteiger charge is 2.16. The summed E-state index contributed by atoms with van der Waals surface area (Å²) >= 11 is 0. The van der Waals surface area contributed by atoms with Crippen LogP contribution >= 0.6 is 0 Å². The van der Waals surface area contributed by atoms with Crippen molar-refractivity contribution in [2.24, 2.45) is 0 Å². The van der Waals surface area contributed by atoms with E-state index in [2.05, 4.69) is 18.7 Å². The molecular weight excluding hydrogens is 530 g/mol. The predicted octanol–water partition coefficient (Wildman–Crippen LogP) is 7.04. The SMILES string of the molecule is CCN(CC)CCOc1cc(O)c2c(=O)cc(-c3ccc(OCc4ccccc4)c(OCc4ccccc4)c3)oc2c1. The molecule has 7 heteroatoms. The zero-order chi connectivity index (χ0) is 29.3. The van der Waals surface area contributed by atoms with Gasteiger partial charge in [-0.25, -0.2) is 0 Å². The molecule has 7 nitrogen and oxygen atoms in total. The van der Waals surface area contributed by atoms with Crippen LogP contribution in [0, 0.1) is 0 Å². The summed E-state index contributed by atoms with van der Waals surface area (Å²) in [5.74, 6) is 1.69. The first-order valence-corrected chi connectivity index (χ1v) is 14.2. The zero-order valence-electron chi connectivity index (χ0n) is 23.9. The molecule has 1 N–H and O–H groups in total. The van der Waals surface area contributed by atoms with Crippen LogP contribution in [0.4, 0.5) is 0 Å². The summed E-state index contributed by atoms with van der Waals surface area (Å²) in [5, 5.41) is 10.7. The summed E-state index contributed by atoms with van der Waals surface area (Å²) in [6.45, 7) is 7.97. The smallest absolute Gasteiger partial charge is 0.197 e. The van der Waals surface area contributed by atoms with Crippen LogP contribution in [-0.2, 0) is 13.2 Å². The Kier molecular flexibility index (Phi) is 9.41. The maximum atomic E-state index is 13.1. The Morgan fingerprint density at radius 1 is 0.738 bits per heavy atom. The summed E-state index contributed by atoms with van der Waals surface area (Å²) in [5.41, 5.74) is 2.57. The summed E-state index contributed by atoms with van der Waals surface area (Å²) in [7, 11) is 0. The monoisotopic (exact) mass is 565 g/mol. The molecule has 0 saturated heterocycles. The van der Waals surface area contributed by atoms with Crippen LogP contribution in [0.5, 0.6) is 23.0 Å². The Bertz CT molecular complexity index is 1660. The molecule has 42 heavy (non-hydrogen) atoms. The van der Waals surface area contributed by atoms with Crippen LogP contribution in [-0.4, -0.2) is 36.2 Å². The molecule has 0 atom stereocenters. The summed E-state index contributed by atoms with van der Waals surface area (Å²) in [4.78, 5) is 15.3. The van der Waals surface area contributed by atoms with E-state index in [0.717, 1.165) is 30.8 Å². The molecule has 0 radical (unpaired) electrons. The van der Waals surface area contributed by atoms with Crippen LogP contribution < -0.4 is 19.6 Å². The lowest BCUT2D eigenvalue weighted by molar-refractivity contribution is 0.222. The van der Waals surface area contributed by atoms with Crippen molar-refractivity contribution in [2.75, 3.05) is 26.2 Å². The number of likely N-dealkylation sites (N-methyl/N-ethyl adjacent to an activating group) is 1. The normalized spacial score (nSPS) is 11.1. The average Bonchev–Trinajstić information content (AvgIpc) is 3.02. The van der Waals surface area contributed by atoms with Crippen molar-refractivity contribution in [3.8, 4) is 34.3 Å². The zero-order valence-corrected chi connectivity index (χ0v) is 23.9. The number of phenols is 1. The number of ether oxygens (including phenoxy) is 3. The van der Waals surface area contributed by atoms with Gasteiger partial charge in [0.25, 0.3) is 0 Å². The highest BCUT2D eigenvalue weighted by Crippen LogP contribution is 2.36. The van der Waals surface area contributed by atoms with Gasteiger partial charge in [0.05, 0.1) is 0 Å². The molecule has 5 rings (SSSR count). The van der Waals surface area contributed by atoms with E-state index in [-0.39, 0.29) is 22.1 Å². The second-order valence-electron chi connectivity index (χ2n) is 9.88. The van der Waals surface area contributed by atoms with Gasteiger partial charge in [0.15, 0.2) is 16.9 Å². The van der Waals surface area contributed by atoms with E-state index in [1.54, 1.807) is 12.1 Å². The quantitative estimate of drug-likeness (QED) is 0.164. The second kappa shape index (κ2) is 13.7. The largest absolute Gasteiger partial charge is 0.507 e. The van der Waals surface area contributed by atoms with Crippen LogP contribution in [0.3, 0.4) is 0 Å². The molecule has 0 aliphatic rings. The Labute approximate surface area is 245 Å². The molecule has 1 aromatic heterocycles. The van der Waals surface area contributed by atoms with Gasteiger partial charge in [-0.2, -0.15) is 0 Å². The maximum absolute atomic E-state index is 13.1. The van der Waals surface area contributed by atoms with E-state index in [1.165, 1.54) is 12.1 Å². The van der Waals surface area contributed by atoms with Gasteiger partial charge in [-0.05, 0) is 42.4 Å². The van der Waals surface area contributed by atoms with Crippen LogP contribution in [0.25, 0.3) is 22.3 Å². The second-order valence-corrected chi connectivity index (χ2v) is 9.88. The molecular formula is C35H35NO6. The predicted molar refractivity (Wildman–Crippen MR) is 164 cm³/mol. The lowest BCUT2D eigenvalue weighted by Crippen LogP contribution is -2.27. The number of nitrogens with zero attached hydrogens (tertiary/aromatic N) is 1. The number of rotatable bonds is 13. The number of hydrogen-bond donors (Lipinski definition) is 1. The van der Waals surface area contributed by atoms with E-state index in [9.17, 15) is 9.90 Å². The highest BCUT2D eigenvalue weighted by atomic mass is 16.5. The Balaban J connectivity index is 1.44. The van der Waals surface area contributed by atoms with Gasteiger partial charge < -0.3 is 28.6 Å². The molecule has 1 heterocycles. The van der Waals surface area contributed by atoms with Crippen molar-refractivity contribution in [1.82, 2.24) is 4.90 Å². The van der Waals surface area contributed by atoms with Gasteiger partial charge in [0.2, 0.25) is 0 Å². The summed E-state index contributed by atoms with van der Waals surface area (Å²) in [6.07, 6.45) is 0. The van der Waals surface area contributed by atoms with E-state index in [4.69, 9.17) is 18.6 Å². The van der Waals surface area contributed by atoms with Gasteiger partial charge in [0, 0.05) is 30.3 Å². The number of hydrogen-bond acceptors (Lipinski definition) is 7. The van der Waals surface area contributed by atoms with Gasteiger partial charge in [-0.1, -0.05) is 74.5 Å². The fourth-order valence-electron chi connectivity index (χ4n) is 4.67. The molecule has 0 fully saturated rings. The van der Waals surface area contributed by atoms with Crippen molar-refractivity contribution in [2.45, 2.75) is 27.1 Å². The van der Waals surface area contributed by atoms with Gasteiger partial charge >= 0.3 is 0 Å². The first-order chi connectivity index (χ1) is 20.5. The van der Waals surface area contributed by atoms with Crippen molar-refractivity contribution in [3.63, 3.8) is 0 Å². The third-order valence-corrected chi connectivity index (χ3v) is 7.06. The van der Waals surface area contributed by atoms with Crippen LogP contribution in [0.1, 0.15) is 25.0 Å². The van der Waals surface area contributed by atoms with Gasteiger partial charge in [-0.15, -0.1) is 0 Å². The minimum atomic E-state index is -0.352. The lowest BCUT2D eigenvalue weighted by Gasteiger charge is -2.18. The maximum Gasteiger partial charge on any atom is 0.197 e. The fourth-order valence-corrected chi connectivity index (χ4v) is 4.67. The third kappa shape index (κ3) is 7.11. The topological polar surface area (TPSA) is 81.4 Å². The minimum Gasteiger partial charge on any atom is -0.507 e.